The number of halogens is 1. The molecule has 3 rings (SSSR count). The van der Waals surface area contributed by atoms with Gasteiger partial charge >= 0.3 is 0 Å². The van der Waals surface area contributed by atoms with E-state index < -0.39 is 0 Å². The number of anilines is 1. The van der Waals surface area contributed by atoms with Gasteiger partial charge in [-0.25, -0.2) is 4.39 Å². The van der Waals surface area contributed by atoms with Crippen molar-refractivity contribution in [3.8, 4) is 11.1 Å². The normalized spacial score (nSPS) is 13.6. The lowest BCUT2D eigenvalue weighted by Gasteiger charge is -2.04. The molecular formula is C12H12FN3. The van der Waals surface area contributed by atoms with Crippen LogP contribution in [-0.4, -0.2) is 16.3 Å². The van der Waals surface area contributed by atoms with Gasteiger partial charge in [0.1, 0.15) is 5.82 Å². The Bertz CT molecular complexity index is 545. The molecule has 16 heavy (non-hydrogen) atoms. The number of rotatable bonds is 1. The Balaban J connectivity index is 2.14. The molecule has 0 saturated carbocycles. The number of hydrogen-bond donors (Lipinski definition) is 1. The molecule has 1 N–H and O–H groups in total. The van der Waals surface area contributed by atoms with Crippen molar-refractivity contribution in [2.75, 3.05) is 11.9 Å². The van der Waals surface area contributed by atoms with Crippen LogP contribution in [0.5, 0.6) is 0 Å². The third-order valence-electron chi connectivity index (χ3n) is 2.92. The molecule has 2 heterocycles. The Hall–Kier alpha value is -1.84. The molecular weight excluding hydrogens is 205 g/mol. The van der Waals surface area contributed by atoms with Crippen LogP contribution in [0.2, 0.25) is 0 Å². The standard InChI is InChI=1S/C12H12FN3/c1-16-7-9(6-15-16)10-4-8-2-3-14-12(8)5-11(10)13/h4-7,14H,2-3H2,1H3. The zero-order valence-electron chi connectivity index (χ0n) is 9.00. The first-order chi connectivity index (χ1) is 7.74. The summed E-state index contributed by atoms with van der Waals surface area (Å²) in [6, 6.07) is 3.49. The van der Waals surface area contributed by atoms with Crippen LogP contribution in [0.25, 0.3) is 11.1 Å². The summed E-state index contributed by atoms with van der Waals surface area (Å²) in [6.07, 6.45) is 4.48. The second kappa shape index (κ2) is 3.33. The van der Waals surface area contributed by atoms with E-state index in [9.17, 15) is 4.39 Å². The van der Waals surface area contributed by atoms with E-state index >= 15 is 0 Å². The van der Waals surface area contributed by atoms with Gasteiger partial charge in [0, 0.05) is 36.6 Å². The number of aromatic nitrogens is 2. The van der Waals surface area contributed by atoms with Gasteiger partial charge < -0.3 is 5.32 Å². The van der Waals surface area contributed by atoms with E-state index in [1.807, 2.05) is 19.3 Å². The maximum atomic E-state index is 13.9. The molecule has 0 bridgehead atoms. The Kier molecular flexibility index (Phi) is 1.96. The molecule has 0 radical (unpaired) electrons. The first-order valence-corrected chi connectivity index (χ1v) is 5.29. The van der Waals surface area contributed by atoms with Crippen LogP contribution in [-0.2, 0) is 13.5 Å². The largest absolute Gasteiger partial charge is 0.384 e. The van der Waals surface area contributed by atoms with Gasteiger partial charge in [0.25, 0.3) is 0 Å². The highest BCUT2D eigenvalue weighted by Crippen LogP contribution is 2.30. The van der Waals surface area contributed by atoms with Crippen molar-refractivity contribution < 1.29 is 4.39 Å². The smallest absolute Gasteiger partial charge is 0.133 e. The summed E-state index contributed by atoms with van der Waals surface area (Å²) in [5.41, 5.74) is 3.57. The average molecular weight is 217 g/mol. The molecule has 0 amide bonds. The molecule has 1 aromatic heterocycles. The molecule has 3 nitrogen and oxygen atoms in total. The zero-order valence-corrected chi connectivity index (χ0v) is 9.00. The van der Waals surface area contributed by atoms with E-state index in [0.29, 0.717) is 5.56 Å². The minimum absolute atomic E-state index is 0.193. The van der Waals surface area contributed by atoms with Crippen LogP contribution in [0.3, 0.4) is 0 Å². The summed E-state index contributed by atoms with van der Waals surface area (Å²) in [5.74, 6) is -0.193. The molecule has 0 fully saturated rings. The average Bonchev–Trinajstić information content (AvgIpc) is 2.84. The number of hydrogen-bond acceptors (Lipinski definition) is 2. The molecule has 0 spiro atoms. The van der Waals surface area contributed by atoms with E-state index in [4.69, 9.17) is 0 Å². The van der Waals surface area contributed by atoms with Crippen molar-refractivity contribution in [1.82, 2.24) is 9.78 Å². The summed E-state index contributed by atoms with van der Waals surface area (Å²) in [5, 5.41) is 7.23. The van der Waals surface area contributed by atoms with Crippen molar-refractivity contribution in [3.05, 3.63) is 35.9 Å². The van der Waals surface area contributed by atoms with Crippen LogP contribution < -0.4 is 5.32 Å². The molecule has 0 aliphatic carbocycles. The number of nitrogens with one attached hydrogen (secondary N) is 1. The van der Waals surface area contributed by atoms with E-state index in [1.165, 1.54) is 5.56 Å². The topological polar surface area (TPSA) is 29.9 Å². The Morgan fingerprint density at radius 2 is 2.31 bits per heavy atom. The van der Waals surface area contributed by atoms with Gasteiger partial charge in [0.15, 0.2) is 0 Å². The van der Waals surface area contributed by atoms with Gasteiger partial charge in [-0.2, -0.15) is 5.10 Å². The van der Waals surface area contributed by atoms with Crippen molar-refractivity contribution in [2.45, 2.75) is 6.42 Å². The lowest BCUT2D eigenvalue weighted by molar-refractivity contribution is 0.631. The van der Waals surface area contributed by atoms with Gasteiger partial charge in [0.2, 0.25) is 0 Å². The van der Waals surface area contributed by atoms with Crippen molar-refractivity contribution >= 4 is 5.69 Å². The maximum Gasteiger partial charge on any atom is 0.133 e. The molecule has 1 aromatic carbocycles. The van der Waals surface area contributed by atoms with Gasteiger partial charge in [0.05, 0.1) is 6.20 Å². The van der Waals surface area contributed by atoms with Gasteiger partial charge in [-0.15, -0.1) is 0 Å². The summed E-state index contributed by atoms with van der Waals surface area (Å²) < 4.78 is 15.5. The molecule has 82 valence electrons. The Morgan fingerprint density at radius 3 is 3.06 bits per heavy atom. The first kappa shape index (κ1) is 9.39. The quantitative estimate of drug-likeness (QED) is 0.793. The minimum Gasteiger partial charge on any atom is -0.384 e. The lowest BCUT2D eigenvalue weighted by atomic mass is 10.0. The predicted octanol–water partition coefficient (Wildman–Crippen LogP) is 2.19. The fourth-order valence-electron chi connectivity index (χ4n) is 2.10. The van der Waals surface area contributed by atoms with Gasteiger partial charge in [-0.3, -0.25) is 4.68 Å². The third kappa shape index (κ3) is 1.38. The highest BCUT2D eigenvalue weighted by molar-refractivity contribution is 5.69. The second-order valence-electron chi connectivity index (χ2n) is 4.07. The summed E-state index contributed by atoms with van der Waals surface area (Å²) in [4.78, 5) is 0. The van der Waals surface area contributed by atoms with Crippen LogP contribution >= 0.6 is 0 Å². The van der Waals surface area contributed by atoms with Crippen molar-refractivity contribution in [1.29, 1.82) is 0 Å². The zero-order chi connectivity index (χ0) is 11.1. The van der Waals surface area contributed by atoms with Crippen LogP contribution in [0, 0.1) is 5.82 Å². The molecule has 2 aromatic rings. The van der Waals surface area contributed by atoms with Gasteiger partial charge in [-0.1, -0.05) is 0 Å². The molecule has 4 heteroatoms. The van der Waals surface area contributed by atoms with Crippen LogP contribution in [0.4, 0.5) is 10.1 Å². The SMILES string of the molecule is Cn1cc(-c2cc3c(cc2F)NCC3)cn1. The third-order valence-corrected chi connectivity index (χ3v) is 2.92. The number of benzene rings is 1. The highest BCUT2D eigenvalue weighted by atomic mass is 19.1. The summed E-state index contributed by atoms with van der Waals surface area (Å²) in [6.45, 7) is 0.894. The Labute approximate surface area is 92.9 Å². The first-order valence-electron chi connectivity index (χ1n) is 5.29. The van der Waals surface area contributed by atoms with Crippen LogP contribution in [0.15, 0.2) is 24.5 Å². The molecule has 1 aliphatic rings. The van der Waals surface area contributed by atoms with Gasteiger partial charge in [-0.05, 0) is 24.1 Å². The summed E-state index contributed by atoms with van der Waals surface area (Å²) >= 11 is 0. The van der Waals surface area contributed by atoms with E-state index in [1.54, 1.807) is 16.9 Å². The monoisotopic (exact) mass is 217 g/mol. The number of fused-ring (bicyclic) bond motifs is 1. The van der Waals surface area contributed by atoms with Crippen LogP contribution in [0.1, 0.15) is 5.56 Å². The lowest BCUT2D eigenvalue weighted by Crippen LogP contribution is -1.91. The van der Waals surface area contributed by atoms with E-state index in [2.05, 4.69) is 10.4 Å². The minimum atomic E-state index is -0.193. The van der Waals surface area contributed by atoms with E-state index in [-0.39, 0.29) is 5.82 Å². The highest BCUT2D eigenvalue weighted by Gasteiger charge is 2.15. The summed E-state index contributed by atoms with van der Waals surface area (Å²) in [7, 11) is 1.83. The number of aryl methyl sites for hydroxylation is 1. The second-order valence-corrected chi connectivity index (χ2v) is 4.07. The predicted molar refractivity (Wildman–Crippen MR) is 60.8 cm³/mol. The fraction of sp³-hybridized carbons (Fsp3) is 0.250. The Morgan fingerprint density at radius 1 is 1.44 bits per heavy atom. The molecule has 0 unspecified atom stereocenters. The number of nitrogens with zero attached hydrogens (tertiary/aromatic N) is 2. The maximum absolute atomic E-state index is 13.9. The molecule has 1 aliphatic heterocycles. The molecule has 0 saturated heterocycles. The van der Waals surface area contributed by atoms with E-state index in [0.717, 1.165) is 24.2 Å². The molecule has 0 atom stereocenters. The van der Waals surface area contributed by atoms with Crippen molar-refractivity contribution in [3.63, 3.8) is 0 Å². The van der Waals surface area contributed by atoms with Crippen molar-refractivity contribution in [2.24, 2.45) is 7.05 Å². The fourth-order valence-corrected chi connectivity index (χ4v) is 2.10.